The molecule has 0 heterocycles. The van der Waals surface area contributed by atoms with E-state index < -0.39 is 10.7 Å². The molecule has 2 rings (SSSR count). The highest BCUT2D eigenvalue weighted by Gasteiger charge is 2.58. The van der Waals surface area contributed by atoms with Crippen molar-refractivity contribution >= 4 is 17.7 Å². The summed E-state index contributed by atoms with van der Waals surface area (Å²) in [6, 6.07) is 7.95. The van der Waals surface area contributed by atoms with Gasteiger partial charge in [0, 0.05) is 4.90 Å². The number of aryl methyl sites for hydroxylation is 1. The molecule has 0 amide bonds. The maximum Gasteiger partial charge on any atom is 0.320 e. The fourth-order valence-electron chi connectivity index (χ4n) is 1.75. The topological polar surface area (TPSA) is 37.3 Å². The maximum atomic E-state index is 11.2. The van der Waals surface area contributed by atoms with E-state index in [2.05, 4.69) is 0 Å². The predicted molar refractivity (Wildman–Crippen MR) is 61.2 cm³/mol. The molecule has 1 aliphatic rings. The number of hydrogen-bond donors (Lipinski definition) is 1. The number of thioether (sulfide) groups is 1. The largest absolute Gasteiger partial charge is 0.480 e. The molecule has 0 saturated heterocycles. The molecule has 1 saturated carbocycles. The van der Waals surface area contributed by atoms with Crippen molar-refractivity contribution in [3.63, 3.8) is 0 Å². The molecule has 0 aliphatic heterocycles. The van der Waals surface area contributed by atoms with Crippen LogP contribution in [-0.4, -0.2) is 15.8 Å². The number of carbonyl (C=O) groups is 1. The van der Waals surface area contributed by atoms with Crippen LogP contribution in [0.5, 0.6) is 0 Å². The van der Waals surface area contributed by atoms with Crippen molar-refractivity contribution in [2.24, 2.45) is 5.92 Å². The van der Waals surface area contributed by atoms with E-state index in [-0.39, 0.29) is 5.92 Å². The minimum Gasteiger partial charge on any atom is -0.480 e. The number of hydrogen-bond acceptors (Lipinski definition) is 2. The van der Waals surface area contributed by atoms with Crippen molar-refractivity contribution in [2.45, 2.75) is 29.9 Å². The number of aliphatic carboxylic acids is 1. The molecule has 2 unspecified atom stereocenters. The van der Waals surface area contributed by atoms with Gasteiger partial charge >= 0.3 is 5.97 Å². The van der Waals surface area contributed by atoms with Crippen LogP contribution in [0.2, 0.25) is 0 Å². The molecule has 1 aromatic rings. The first-order valence-electron chi connectivity index (χ1n) is 5.04. The first-order valence-corrected chi connectivity index (χ1v) is 5.86. The molecule has 1 fully saturated rings. The Morgan fingerprint density at radius 3 is 2.60 bits per heavy atom. The standard InChI is InChI=1S/C12H14O2S/c1-8-5-3-4-6-10(8)15-12(11(13)14)7-9(12)2/h3-6,9H,7H2,1-2H3,(H,13,14). The summed E-state index contributed by atoms with van der Waals surface area (Å²) >= 11 is 1.50. The van der Waals surface area contributed by atoms with E-state index >= 15 is 0 Å². The first-order chi connectivity index (χ1) is 7.06. The Morgan fingerprint density at radius 1 is 1.53 bits per heavy atom. The number of benzene rings is 1. The quantitative estimate of drug-likeness (QED) is 0.854. The smallest absolute Gasteiger partial charge is 0.320 e. The third-order valence-corrected chi connectivity index (χ3v) is 4.78. The molecule has 0 spiro atoms. The van der Waals surface area contributed by atoms with Crippen LogP contribution in [0.15, 0.2) is 29.2 Å². The molecule has 3 heteroatoms. The molecule has 0 bridgehead atoms. The maximum absolute atomic E-state index is 11.2. The Hall–Kier alpha value is -0.960. The van der Waals surface area contributed by atoms with Crippen LogP contribution in [0.1, 0.15) is 18.9 Å². The fraction of sp³-hybridized carbons (Fsp3) is 0.417. The van der Waals surface area contributed by atoms with Crippen LogP contribution in [-0.2, 0) is 4.79 Å². The third-order valence-electron chi connectivity index (χ3n) is 2.99. The lowest BCUT2D eigenvalue weighted by Crippen LogP contribution is -2.20. The molecule has 15 heavy (non-hydrogen) atoms. The molecular weight excluding hydrogens is 208 g/mol. The molecule has 0 aromatic heterocycles. The van der Waals surface area contributed by atoms with Crippen LogP contribution in [0.4, 0.5) is 0 Å². The zero-order valence-corrected chi connectivity index (χ0v) is 9.67. The van der Waals surface area contributed by atoms with Gasteiger partial charge in [0.1, 0.15) is 4.75 Å². The van der Waals surface area contributed by atoms with E-state index in [9.17, 15) is 9.90 Å². The molecule has 1 aromatic carbocycles. The minimum absolute atomic E-state index is 0.277. The lowest BCUT2D eigenvalue weighted by molar-refractivity contribution is -0.137. The van der Waals surface area contributed by atoms with Gasteiger partial charge in [-0.25, -0.2) is 0 Å². The van der Waals surface area contributed by atoms with E-state index in [1.165, 1.54) is 11.8 Å². The molecule has 1 aliphatic carbocycles. The highest BCUT2D eigenvalue weighted by atomic mass is 32.2. The summed E-state index contributed by atoms with van der Waals surface area (Å²) in [5.74, 6) is -0.400. The second-order valence-corrected chi connectivity index (χ2v) is 5.54. The summed E-state index contributed by atoms with van der Waals surface area (Å²) in [7, 11) is 0. The lowest BCUT2D eigenvalue weighted by Gasteiger charge is -2.12. The van der Waals surface area contributed by atoms with Gasteiger partial charge in [-0.1, -0.05) is 25.1 Å². The number of carboxylic acid groups (broad SMARTS) is 1. The summed E-state index contributed by atoms with van der Waals surface area (Å²) in [5.41, 5.74) is 1.15. The van der Waals surface area contributed by atoms with Gasteiger partial charge < -0.3 is 5.11 Å². The van der Waals surface area contributed by atoms with Crippen molar-refractivity contribution in [1.29, 1.82) is 0 Å². The Labute approximate surface area is 93.7 Å². The van der Waals surface area contributed by atoms with Crippen LogP contribution in [0.3, 0.4) is 0 Å². The monoisotopic (exact) mass is 222 g/mol. The summed E-state index contributed by atoms with van der Waals surface area (Å²) < 4.78 is -0.563. The SMILES string of the molecule is Cc1ccccc1SC1(C(=O)O)CC1C. The summed E-state index contributed by atoms with van der Waals surface area (Å²) in [6.07, 6.45) is 0.779. The molecular formula is C12H14O2S. The fourth-order valence-corrected chi connectivity index (χ4v) is 3.14. The van der Waals surface area contributed by atoms with Gasteiger partial charge in [0.05, 0.1) is 0 Å². The van der Waals surface area contributed by atoms with Crippen molar-refractivity contribution in [2.75, 3.05) is 0 Å². The number of carboxylic acids is 1. The van der Waals surface area contributed by atoms with Crippen LogP contribution in [0.25, 0.3) is 0 Å². The Morgan fingerprint density at radius 2 is 2.13 bits per heavy atom. The van der Waals surface area contributed by atoms with Gasteiger partial charge in [-0.15, -0.1) is 11.8 Å². The number of rotatable bonds is 3. The van der Waals surface area contributed by atoms with Gasteiger partial charge in [-0.2, -0.15) is 0 Å². The Bertz CT molecular complexity index is 402. The molecule has 80 valence electrons. The van der Waals surface area contributed by atoms with E-state index in [0.29, 0.717) is 0 Å². The van der Waals surface area contributed by atoms with E-state index in [0.717, 1.165) is 16.9 Å². The third kappa shape index (κ3) is 1.76. The first kappa shape index (κ1) is 10.6. The molecule has 2 nitrogen and oxygen atoms in total. The minimum atomic E-state index is -0.678. The van der Waals surface area contributed by atoms with Gasteiger partial charge in [0.25, 0.3) is 0 Å². The van der Waals surface area contributed by atoms with Crippen LogP contribution < -0.4 is 0 Å². The highest BCUT2D eigenvalue weighted by molar-refractivity contribution is 8.01. The van der Waals surface area contributed by atoms with Crippen LogP contribution in [0, 0.1) is 12.8 Å². The normalized spacial score (nSPS) is 28.8. The zero-order chi connectivity index (χ0) is 11.1. The zero-order valence-electron chi connectivity index (χ0n) is 8.86. The van der Waals surface area contributed by atoms with Crippen molar-refractivity contribution in [3.8, 4) is 0 Å². The van der Waals surface area contributed by atoms with Crippen molar-refractivity contribution in [3.05, 3.63) is 29.8 Å². The molecule has 2 atom stereocenters. The van der Waals surface area contributed by atoms with Gasteiger partial charge in [-0.05, 0) is 30.9 Å². The van der Waals surface area contributed by atoms with Gasteiger partial charge in [-0.3, -0.25) is 4.79 Å². The average Bonchev–Trinajstić information content (AvgIpc) is 2.82. The Balaban J connectivity index is 2.23. The van der Waals surface area contributed by atoms with Gasteiger partial charge in [0.15, 0.2) is 0 Å². The summed E-state index contributed by atoms with van der Waals surface area (Å²) in [4.78, 5) is 12.3. The van der Waals surface area contributed by atoms with E-state index in [1.807, 2.05) is 38.1 Å². The molecule has 0 radical (unpaired) electrons. The van der Waals surface area contributed by atoms with Crippen LogP contribution >= 0.6 is 11.8 Å². The second kappa shape index (κ2) is 3.56. The second-order valence-electron chi connectivity index (χ2n) is 4.17. The summed E-state index contributed by atoms with van der Waals surface area (Å²) in [5, 5.41) is 9.21. The van der Waals surface area contributed by atoms with E-state index in [1.54, 1.807) is 0 Å². The highest BCUT2D eigenvalue weighted by Crippen LogP contribution is 2.57. The van der Waals surface area contributed by atoms with E-state index in [4.69, 9.17) is 0 Å². The van der Waals surface area contributed by atoms with Crippen molar-refractivity contribution < 1.29 is 9.90 Å². The van der Waals surface area contributed by atoms with Gasteiger partial charge in [0.2, 0.25) is 0 Å². The summed E-state index contributed by atoms with van der Waals surface area (Å²) in [6.45, 7) is 4.02. The lowest BCUT2D eigenvalue weighted by atomic mass is 10.2. The van der Waals surface area contributed by atoms with Crippen molar-refractivity contribution in [1.82, 2.24) is 0 Å². The molecule has 1 N–H and O–H groups in total. The average molecular weight is 222 g/mol. The Kier molecular flexibility index (Phi) is 2.51. The predicted octanol–water partition coefficient (Wildman–Crippen LogP) is 2.95.